The molecule has 34 heavy (non-hydrogen) atoms. The first kappa shape index (κ1) is 23.0. The van der Waals surface area contributed by atoms with Crippen molar-refractivity contribution >= 4 is 77.3 Å². The predicted molar refractivity (Wildman–Crippen MR) is 150 cm³/mol. The number of hydrogen-bond acceptors (Lipinski definition) is 5. The molecule has 0 bridgehead atoms. The van der Waals surface area contributed by atoms with Crippen molar-refractivity contribution in [3.05, 3.63) is 115 Å². The van der Waals surface area contributed by atoms with Crippen LogP contribution >= 0.6 is 54.5 Å². The quantitative estimate of drug-likeness (QED) is 0.142. The molecule has 2 heterocycles. The molecule has 0 saturated heterocycles. The van der Waals surface area contributed by atoms with E-state index in [1.54, 1.807) is 34.8 Å². The van der Waals surface area contributed by atoms with Gasteiger partial charge >= 0.3 is 0 Å². The van der Waals surface area contributed by atoms with Gasteiger partial charge in [-0.15, -0.1) is 22.7 Å². The summed E-state index contributed by atoms with van der Waals surface area (Å²) in [6.07, 6.45) is 0. The molecule has 0 spiro atoms. The van der Waals surface area contributed by atoms with Gasteiger partial charge < -0.3 is 4.90 Å². The SMILES string of the molecule is O=[N+]([O-])c1ccc(N(c2ccc(-c3ccc(Br)s3)cc2)c2ccc(-c3ccc(Br)s3)cc2)cc1. The second kappa shape index (κ2) is 9.84. The summed E-state index contributed by atoms with van der Waals surface area (Å²) >= 11 is 10.4. The fourth-order valence-electron chi connectivity index (χ4n) is 3.66. The lowest BCUT2D eigenvalue weighted by Gasteiger charge is -2.25. The number of non-ortho nitro benzene ring substituents is 1. The Bertz CT molecular complexity index is 1360. The fourth-order valence-corrected chi connectivity index (χ4v) is 6.44. The Labute approximate surface area is 221 Å². The van der Waals surface area contributed by atoms with E-state index in [0.29, 0.717) is 0 Å². The lowest BCUT2D eigenvalue weighted by atomic mass is 10.1. The molecule has 0 aliphatic heterocycles. The van der Waals surface area contributed by atoms with Gasteiger partial charge in [-0.3, -0.25) is 10.1 Å². The first-order chi connectivity index (χ1) is 16.5. The average Bonchev–Trinajstić information content (AvgIpc) is 3.49. The minimum atomic E-state index is -0.379. The highest BCUT2D eigenvalue weighted by molar-refractivity contribution is 9.11. The van der Waals surface area contributed by atoms with Crippen molar-refractivity contribution in [3.8, 4) is 20.9 Å². The molecule has 0 aliphatic carbocycles. The Morgan fingerprint density at radius 3 is 1.29 bits per heavy atom. The van der Waals surface area contributed by atoms with Gasteiger partial charge in [0.05, 0.1) is 12.5 Å². The second-order valence-electron chi connectivity index (χ2n) is 7.41. The first-order valence-corrected chi connectivity index (χ1v) is 13.5. The lowest BCUT2D eigenvalue weighted by Crippen LogP contribution is -2.09. The summed E-state index contributed by atoms with van der Waals surface area (Å²) in [7, 11) is 0. The molecule has 0 unspecified atom stereocenters. The van der Waals surface area contributed by atoms with Crippen LogP contribution in [0.3, 0.4) is 0 Å². The molecule has 2 aromatic heterocycles. The fraction of sp³-hybridized carbons (Fsp3) is 0. The molecule has 168 valence electrons. The minimum Gasteiger partial charge on any atom is -0.310 e. The Morgan fingerprint density at radius 1 is 0.588 bits per heavy atom. The molecule has 0 saturated carbocycles. The Morgan fingerprint density at radius 2 is 0.971 bits per heavy atom. The lowest BCUT2D eigenvalue weighted by molar-refractivity contribution is -0.384. The summed E-state index contributed by atoms with van der Waals surface area (Å²) in [6.45, 7) is 0. The van der Waals surface area contributed by atoms with Gasteiger partial charge in [0, 0.05) is 38.9 Å². The number of benzene rings is 3. The van der Waals surface area contributed by atoms with Crippen LogP contribution in [0.4, 0.5) is 22.7 Å². The largest absolute Gasteiger partial charge is 0.310 e. The molecule has 0 N–H and O–H groups in total. The number of rotatable bonds is 6. The second-order valence-corrected chi connectivity index (χ2v) is 12.3. The Kier molecular flexibility index (Phi) is 6.65. The highest BCUT2D eigenvalue weighted by atomic mass is 79.9. The van der Waals surface area contributed by atoms with Crippen LogP contribution < -0.4 is 4.90 Å². The maximum absolute atomic E-state index is 11.2. The van der Waals surface area contributed by atoms with Crippen LogP contribution in [0.5, 0.6) is 0 Å². The monoisotopic (exact) mass is 610 g/mol. The van der Waals surface area contributed by atoms with Crippen LogP contribution in [0.1, 0.15) is 0 Å². The van der Waals surface area contributed by atoms with E-state index in [1.807, 2.05) is 12.1 Å². The molecule has 5 rings (SSSR count). The Hall–Kier alpha value is -2.78. The molecular weight excluding hydrogens is 596 g/mol. The smallest absolute Gasteiger partial charge is 0.269 e. The van der Waals surface area contributed by atoms with E-state index in [2.05, 4.69) is 97.4 Å². The van der Waals surface area contributed by atoms with E-state index < -0.39 is 0 Å². The van der Waals surface area contributed by atoms with Crippen LogP contribution in [0.25, 0.3) is 20.9 Å². The molecule has 3 aromatic carbocycles. The summed E-state index contributed by atoms with van der Waals surface area (Å²) in [5, 5.41) is 11.2. The van der Waals surface area contributed by atoms with Crippen molar-refractivity contribution in [3.63, 3.8) is 0 Å². The molecule has 0 amide bonds. The van der Waals surface area contributed by atoms with Crippen molar-refractivity contribution < 1.29 is 4.92 Å². The van der Waals surface area contributed by atoms with E-state index in [0.717, 1.165) is 35.8 Å². The summed E-state index contributed by atoms with van der Waals surface area (Å²) in [6, 6.07) is 31.6. The van der Waals surface area contributed by atoms with Gasteiger partial charge in [-0.2, -0.15) is 0 Å². The van der Waals surface area contributed by atoms with Gasteiger partial charge in [-0.25, -0.2) is 0 Å². The van der Waals surface area contributed by atoms with Crippen LogP contribution in [0.15, 0.2) is 105 Å². The summed E-state index contributed by atoms with van der Waals surface area (Å²) in [4.78, 5) is 15.3. The number of nitro benzene ring substituents is 1. The number of thiophene rings is 2. The van der Waals surface area contributed by atoms with Crippen LogP contribution in [0, 0.1) is 10.1 Å². The number of hydrogen-bond donors (Lipinski definition) is 0. The number of halogens is 2. The van der Waals surface area contributed by atoms with Crippen LogP contribution in [-0.2, 0) is 0 Å². The van der Waals surface area contributed by atoms with Gasteiger partial charge in [-0.05, 0) is 104 Å². The van der Waals surface area contributed by atoms with E-state index >= 15 is 0 Å². The third kappa shape index (κ3) is 4.86. The molecule has 8 heteroatoms. The zero-order valence-corrected chi connectivity index (χ0v) is 22.3. The maximum atomic E-state index is 11.2. The maximum Gasteiger partial charge on any atom is 0.269 e. The van der Waals surface area contributed by atoms with E-state index in [1.165, 1.54) is 21.9 Å². The van der Waals surface area contributed by atoms with Crippen LogP contribution in [-0.4, -0.2) is 4.92 Å². The van der Waals surface area contributed by atoms with Gasteiger partial charge in [0.1, 0.15) is 0 Å². The topological polar surface area (TPSA) is 46.4 Å². The Balaban J connectivity index is 1.54. The number of nitrogens with zero attached hydrogens (tertiary/aromatic N) is 2. The van der Waals surface area contributed by atoms with E-state index in [4.69, 9.17) is 0 Å². The molecule has 4 nitrogen and oxygen atoms in total. The van der Waals surface area contributed by atoms with Crippen molar-refractivity contribution in [2.45, 2.75) is 0 Å². The standard InChI is InChI=1S/C26H16Br2N2O2S2/c27-25-15-13-23(33-25)17-1-5-19(6-2-17)29(21-9-11-22(12-10-21)30(31)32)20-7-3-18(4-8-20)24-14-16-26(28)34-24/h1-16H. The highest BCUT2D eigenvalue weighted by Gasteiger charge is 2.15. The normalized spacial score (nSPS) is 10.9. The van der Waals surface area contributed by atoms with Gasteiger partial charge in [0.2, 0.25) is 0 Å². The van der Waals surface area contributed by atoms with E-state index in [-0.39, 0.29) is 10.6 Å². The minimum absolute atomic E-state index is 0.0703. The number of anilines is 3. The third-order valence-electron chi connectivity index (χ3n) is 5.29. The molecule has 0 fully saturated rings. The third-order valence-corrected chi connectivity index (χ3v) is 8.63. The molecule has 0 aliphatic rings. The molecule has 5 aromatic rings. The van der Waals surface area contributed by atoms with Crippen molar-refractivity contribution in [2.24, 2.45) is 0 Å². The van der Waals surface area contributed by atoms with Crippen LogP contribution in [0.2, 0.25) is 0 Å². The van der Waals surface area contributed by atoms with Gasteiger partial charge in [-0.1, -0.05) is 24.3 Å². The average molecular weight is 612 g/mol. The van der Waals surface area contributed by atoms with Crippen molar-refractivity contribution in [1.82, 2.24) is 0 Å². The molecule has 0 atom stereocenters. The molecule has 0 radical (unpaired) electrons. The van der Waals surface area contributed by atoms with Gasteiger partial charge in [0.25, 0.3) is 5.69 Å². The first-order valence-electron chi connectivity index (χ1n) is 10.2. The predicted octanol–water partition coefficient (Wildman–Crippen LogP) is 10.0. The summed E-state index contributed by atoms with van der Waals surface area (Å²) < 4.78 is 2.19. The highest BCUT2D eigenvalue weighted by Crippen LogP contribution is 2.39. The zero-order valence-electron chi connectivity index (χ0n) is 17.5. The summed E-state index contributed by atoms with van der Waals surface area (Å²) in [5.41, 5.74) is 5.15. The van der Waals surface area contributed by atoms with Gasteiger partial charge in [0.15, 0.2) is 0 Å². The zero-order chi connectivity index (χ0) is 23.7. The number of nitro groups is 1. The van der Waals surface area contributed by atoms with Crippen molar-refractivity contribution in [2.75, 3.05) is 4.90 Å². The van der Waals surface area contributed by atoms with Crippen molar-refractivity contribution in [1.29, 1.82) is 0 Å². The summed E-state index contributed by atoms with van der Waals surface area (Å²) in [5.74, 6) is 0. The van der Waals surface area contributed by atoms with E-state index in [9.17, 15) is 10.1 Å². The molecular formula is C26H16Br2N2O2S2.